The van der Waals surface area contributed by atoms with Crippen LogP contribution >= 0.6 is 0 Å². The van der Waals surface area contributed by atoms with Gasteiger partial charge in [-0.05, 0) is 32.8 Å². The molecule has 1 aromatic rings. The largest absolute Gasteiger partial charge is 0.343 e. The highest BCUT2D eigenvalue weighted by molar-refractivity contribution is 5.81. The maximum absolute atomic E-state index is 12.3. The van der Waals surface area contributed by atoms with Gasteiger partial charge in [0, 0.05) is 27.2 Å². The van der Waals surface area contributed by atoms with E-state index in [1.54, 1.807) is 17.0 Å². The molecule has 1 amide bonds. The van der Waals surface area contributed by atoms with Crippen LogP contribution in [0, 0.1) is 0 Å². The van der Waals surface area contributed by atoms with Gasteiger partial charge in [0.05, 0.1) is 11.6 Å². The van der Waals surface area contributed by atoms with E-state index in [0.717, 1.165) is 5.56 Å². The molecule has 5 nitrogen and oxygen atoms in total. The molecule has 1 rings (SSSR count). The van der Waals surface area contributed by atoms with Gasteiger partial charge in [0.1, 0.15) is 0 Å². The van der Waals surface area contributed by atoms with Crippen molar-refractivity contribution >= 4 is 5.91 Å². The number of benzene rings is 1. The summed E-state index contributed by atoms with van der Waals surface area (Å²) in [5, 5.41) is 1.76. The summed E-state index contributed by atoms with van der Waals surface area (Å²) in [7, 11) is 3.64. The molecule has 0 saturated carbocycles. The normalized spacial score (nSPS) is 13.2. The fraction of sp³-hybridized carbons (Fsp3) is 0.588. The van der Waals surface area contributed by atoms with Crippen LogP contribution in [0.3, 0.4) is 0 Å². The van der Waals surface area contributed by atoms with Gasteiger partial charge in [-0.25, -0.2) is 0 Å². The van der Waals surface area contributed by atoms with Crippen LogP contribution in [-0.4, -0.2) is 54.7 Å². The molecular weight excluding hydrogens is 278 g/mol. The molecule has 124 valence electrons. The van der Waals surface area contributed by atoms with Crippen LogP contribution in [0.5, 0.6) is 0 Å². The van der Waals surface area contributed by atoms with Crippen molar-refractivity contribution in [2.45, 2.75) is 38.8 Å². The van der Waals surface area contributed by atoms with E-state index in [1.165, 1.54) is 0 Å². The van der Waals surface area contributed by atoms with Gasteiger partial charge in [-0.15, -0.1) is 0 Å². The molecule has 0 spiro atoms. The lowest BCUT2D eigenvalue weighted by atomic mass is 10.1. The first-order valence-corrected chi connectivity index (χ1v) is 7.64. The molecule has 0 bridgehead atoms. The van der Waals surface area contributed by atoms with Crippen molar-refractivity contribution in [2.75, 3.05) is 27.2 Å². The zero-order valence-electron chi connectivity index (χ0n) is 14.4. The van der Waals surface area contributed by atoms with Gasteiger partial charge in [0.2, 0.25) is 5.91 Å². The van der Waals surface area contributed by atoms with Crippen molar-refractivity contribution in [1.29, 1.82) is 0 Å². The van der Waals surface area contributed by atoms with Crippen molar-refractivity contribution in [2.24, 2.45) is 5.73 Å². The van der Waals surface area contributed by atoms with Crippen molar-refractivity contribution in [3.63, 3.8) is 0 Å². The van der Waals surface area contributed by atoms with Crippen LogP contribution in [0.15, 0.2) is 30.3 Å². The highest BCUT2D eigenvalue weighted by atomic mass is 16.7. The number of nitrogens with two attached hydrogens (primary N) is 1. The molecule has 22 heavy (non-hydrogen) atoms. The maximum atomic E-state index is 12.3. The minimum atomic E-state index is -0.513. The van der Waals surface area contributed by atoms with Gasteiger partial charge < -0.3 is 10.6 Å². The van der Waals surface area contributed by atoms with Crippen LogP contribution < -0.4 is 5.73 Å². The van der Waals surface area contributed by atoms with E-state index >= 15 is 0 Å². The van der Waals surface area contributed by atoms with Gasteiger partial charge in [-0.1, -0.05) is 30.3 Å². The van der Waals surface area contributed by atoms with E-state index < -0.39 is 6.04 Å². The Balaban J connectivity index is 2.41. The molecule has 0 aliphatic heterocycles. The molecule has 0 aliphatic carbocycles. The average molecular weight is 307 g/mol. The second-order valence-corrected chi connectivity index (χ2v) is 6.61. The first kappa shape index (κ1) is 18.6. The summed E-state index contributed by atoms with van der Waals surface area (Å²) in [6.07, 6.45) is 0.554. The van der Waals surface area contributed by atoms with Crippen LogP contribution in [0.25, 0.3) is 0 Å². The van der Waals surface area contributed by atoms with E-state index in [1.807, 2.05) is 58.2 Å². The summed E-state index contributed by atoms with van der Waals surface area (Å²) < 4.78 is 0. The van der Waals surface area contributed by atoms with Gasteiger partial charge in [-0.3, -0.25) is 9.63 Å². The zero-order chi connectivity index (χ0) is 16.8. The Hall–Kier alpha value is -1.43. The molecular formula is C17H29N3O2. The van der Waals surface area contributed by atoms with Crippen LogP contribution in [0.4, 0.5) is 0 Å². The smallest absolute Gasteiger partial charge is 0.239 e. The van der Waals surface area contributed by atoms with E-state index in [4.69, 9.17) is 10.6 Å². The topological polar surface area (TPSA) is 58.8 Å². The molecule has 1 atom stereocenters. The Kier molecular flexibility index (Phi) is 7.00. The predicted octanol–water partition coefficient (Wildman–Crippen LogP) is 1.68. The number of nitrogens with zero attached hydrogens (tertiary/aromatic N) is 2. The first-order chi connectivity index (χ1) is 10.2. The van der Waals surface area contributed by atoms with Gasteiger partial charge in [-0.2, -0.15) is 5.06 Å². The van der Waals surface area contributed by atoms with E-state index in [2.05, 4.69) is 0 Å². The van der Waals surface area contributed by atoms with Crippen molar-refractivity contribution < 1.29 is 9.63 Å². The van der Waals surface area contributed by atoms with Crippen LogP contribution in [-0.2, 0) is 16.1 Å². The lowest BCUT2D eigenvalue weighted by molar-refractivity contribution is -0.214. The summed E-state index contributed by atoms with van der Waals surface area (Å²) >= 11 is 0. The Morgan fingerprint density at radius 1 is 1.18 bits per heavy atom. The zero-order valence-corrected chi connectivity index (χ0v) is 14.4. The quantitative estimate of drug-likeness (QED) is 0.779. The first-order valence-electron chi connectivity index (χ1n) is 7.64. The minimum Gasteiger partial charge on any atom is -0.343 e. The van der Waals surface area contributed by atoms with Crippen molar-refractivity contribution in [1.82, 2.24) is 9.96 Å². The molecule has 5 heteroatoms. The molecule has 0 aromatic heterocycles. The van der Waals surface area contributed by atoms with Gasteiger partial charge in [0.15, 0.2) is 0 Å². The summed E-state index contributed by atoms with van der Waals surface area (Å²) in [6.45, 7) is 7.20. The standard InChI is InChI=1S/C17H29N3O2/c1-17(2,3)22-20(5)12-11-19(4)16(21)15(18)13-14-9-7-6-8-10-14/h6-10,15H,11-13,18H2,1-5H3/t15-/m0/s1. The third-order valence-corrected chi connectivity index (χ3v) is 3.17. The van der Waals surface area contributed by atoms with Crippen LogP contribution in [0.2, 0.25) is 0 Å². The average Bonchev–Trinajstić information content (AvgIpc) is 2.43. The molecule has 2 N–H and O–H groups in total. The number of carbonyl (C=O) groups is 1. The lowest BCUT2D eigenvalue weighted by Crippen LogP contribution is -2.45. The number of carbonyl (C=O) groups excluding carboxylic acids is 1. The minimum absolute atomic E-state index is 0.0481. The fourth-order valence-corrected chi connectivity index (χ4v) is 2.15. The third kappa shape index (κ3) is 7.02. The molecule has 0 radical (unpaired) electrons. The number of hydroxylamine groups is 2. The SMILES string of the molecule is CN(CCN(C)C(=O)[C@@H](N)Cc1ccccc1)OC(C)(C)C. The number of hydrogen-bond acceptors (Lipinski definition) is 4. The monoisotopic (exact) mass is 307 g/mol. The molecule has 0 heterocycles. The molecule has 0 aliphatic rings. The molecule has 0 unspecified atom stereocenters. The summed E-state index contributed by atoms with van der Waals surface area (Å²) in [5.41, 5.74) is 6.86. The Bertz CT molecular complexity index is 457. The number of likely N-dealkylation sites (N-methyl/N-ethyl adjacent to an activating group) is 2. The Labute approximate surface area is 134 Å². The second-order valence-electron chi connectivity index (χ2n) is 6.61. The van der Waals surface area contributed by atoms with Gasteiger partial charge >= 0.3 is 0 Å². The molecule has 0 fully saturated rings. The van der Waals surface area contributed by atoms with Crippen molar-refractivity contribution in [3.8, 4) is 0 Å². The summed E-state index contributed by atoms with van der Waals surface area (Å²) in [6, 6.07) is 9.31. The summed E-state index contributed by atoms with van der Waals surface area (Å²) in [4.78, 5) is 19.6. The molecule has 0 saturated heterocycles. The Morgan fingerprint density at radius 3 is 2.32 bits per heavy atom. The van der Waals surface area contributed by atoms with E-state index in [9.17, 15) is 4.79 Å². The Morgan fingerprint density at radius 2 is 1.77 bits per heavy atom. The third-order valence-electron chi connectivity index (χ3n) is 3.17. The highest BCUT2D eigenvalue weighted by Gasteiger charge is 2.19. The maximum Gasteiger partial charge on any atom is 0.239 e. The number of hydrogen-bond donors (Lipinski definition) is 1. The fourth-order valence-electron chi connectivity index (χ4n) is 2.15. The van der Waals surface area contributed by atoms with E-state index in [-0.39, 0.29) is 11.5 Å². The second kappa shape index (κ2) is 8.27. The predicted molar refractivity (Wildman–Crippen MR) is 89.2 cm³/mol. The number of amides is 1. The van der Waals surface area contributed by atoms with Crippen LogP contribution in [0.1, 0.15) is 26.3 Å². The molecule has 1 aromatic carbocycles. The number of rotatable bonds is 7. The van der Waals surface area contributed by atoms with Gasteiger partial charge in [0.25, 0.3) is 0 Å². The summed E-state index contributed by atoms with van der Waals surface area (Å²) in [5.74, 6) is -0.0481. The lowest BCUT2D eigenvalue weighted by Gasteiger charge is -2.29. The van der Waals surface area contributed by atoms with E-state index in [0.29, 0.717) is 19.5 Å². The highest BCUT2D eigenvalue weighted by Crippen LogP contribution is 2.09. The van der Waals surface area contributed by atoms with Crippen molar-refractivity contribution in [3.05, 3.63) is 35.9 Å².